The van der Waals surface area contributed by atoms with Crippen molar-refractivity contribution in [3.05, 3.63) is 66.7 Å². The van der Waals surface area contributed by atoms with E-state index in [-0.39, 0.29) is 5.91 Å². The number of aromatic nitrogens is 6. The second kappa shape index (κ2) is 6.36. The Hall–Kier alpha value is -3.81. The molecule has 122 valence electrons. The van der Waals surface area contributed by atoms with E-state index in [1.807, 2.05) is 24.3 Å². The number of carbonyl (C=O) groups excluding carboxylic acids is 1. The average Bonchev–Trinajstić information content (AvgIpc) is 3.34. The minimum Gasteiger partial charge on any atom is -0.319 e. The summed E-state index contributed by atoms with van der Waals surface area (Å²) in [4.78, 5) is 21.0. The monoisotopic (exact) mass is 331 g/mol. The van der Waals surface area contributed by atoms with Gasteiger partial charge in [0.05, 0.1) is 17.6 Å². The van der Waals surface area contributed by atoms with E-state index < -0.39 is 0 Å². The molecule has 1 aromatic carbocycles. The lowest BCUT2D eigenvalue weighted by Gasteiger charge is -2.06. The van der Waals surface area contributed by atoms with Crippen LogP contribution in [0.25, 0.3) is 22.8 Å². The fourth-order valence-corrected chi connectivity index (χ4v) is 2.43. The van der Waals surface area contributed by atoms with E-state index in [4.69, 9.17) is 0 Å². The summed E-state index contributed by atoms with van der Waals surface area (Å²) in [5.41, 5.74) is 3.20. The molecule has 0 atom stereocenters. The molecule has 1 amide bonds. The van der Waals surface area contributed by atoms with Gasteiger partial charge in [-0.15, -0.1) is 0 Å². The van der Waals surface area contributed by atoms with Crippen LogP contribution in [-0.2, 0) is 0 Å². The van der Waals surface area contributed by atoms with Gasteiger partial charge in [-0.2, -0.15) is 10.2 Å². The third kappa shape index (κ3) is 3.00. The average molecular weight is 331 g/mol. The Bertz CT molecular complexity index is 993. The number of aromatic amines is 2. The molecule has 25 heavy (non-hydrogen) atoms. The fourth-order valence-electron chi connectivity index (χ4n) is 2.43. The van der Waals surface area contributed by atoms with Crippen molar-refractivity contribution in [2.24, 2.45) is 0 Å². The number of pyridine rings is 1. The highest BCUT2D eigenvalue weighted by Crippen LogP contribution is 2.24. The number of hydrogen-bond donors (Lipinski definition) is 3. The van der Waals surface area contributed by atoms with Crippen LogP contribution in [0.4, 0.5) is 5.69 Å². The van der Waals surface area contributed by atoms with Crippen LogP contribution in [-0.4, -0.2) is 36.3 Å². The lowest BCUT2D eigenvalue weighted by atomic mass is 10.1. The Morgan fingerprint density at radius 2 is 1.96 bits per heavy atom. The molecule has 0 aliphatic rings. The van der Waals surface area contributed by atoms with Crippen LogP contribution < -0.4 is 5.32 Å². The highest BCUT2D eigenvalue weighted by atomic mass is 16.1. The van der Waals surface area contributed by atoms with Gasteiger partial charge in [-0.3, -0.25) is 20.0 Å². The van der Waals surface area contributed by atoms with Crippen molar-refractivity contribution in [2.45, 2.75) is 0 Å². The molecule has 0 fully saturated rings. The lowest BCUT2D eigenvalue weighted by molar-refractivity contribution is 0.102. The molecule has 3 heterocycles. The van der Waals surface area contributed by atoms with Crippen LogP contribution in [0, 0.1) is 0 Å². The summed E-state index contributed by atoms with van der Waals surface area (Å²) in [5.74, 6) is 0.354. The molecule has 4 aromatic rings. The molecule has 0 radical (unpaired) electrons. The number of H-pyrrole nitrogens is 2. The van der Waals surface area contributed by atoms with E-state index in [9.17, 15) is 4.79 Å². The van der Waals surface area contributed by atoms with E-state index >= 15 is 0 Å². The van der Waals surface area contributed by atoms with Crippen LogP contribution in [0.1, 0.15) is 10.4 Å². The zero-order valence-electron chi connectivity index (χ0n) is 13.0. The normalized spacial score (nSPS) is 10.6. The van der Waals surface area contributed by atoms with Gasteiger partial charge in [0.25, 0.3) is 5.91 Å². The molecule has 0 spiro atoms. The maximum atomic E-state index is 12.6. The Morgan fingerprint density at radius 1 is 1.00 bits per heavy atom. The Labute approximate surface area is 142 Å². The minimum absolute atomic E-state index is 0.250. The summed E-state index contributed by atoms with van der Waals surface area (Å²) < 4.78 is 0. The van der Waals surface area contributed by atoms with Crippen LogP contribution in [0.2, 0.25) is 0 Å². The fraction of sp³-hybridized carbons (Fsp3) is 0. The summed E-state index contributed by atoms with van der Waals surface area (Å²) in [6.07, 6.45) is 4.66. The predicted octanol–water partition coefficient (Wildman–Crippen LogP) is 2.51. The zero-order chi connectivity index (χ0) is 17.1. The molecule has 3 N–H and O–H groups in total. The number of nitrogens with one attached hydrogen (secondary N) is 3. The van der Waals surface area contributed by atoms with Crippen molar-refractivity contribution >= 4 is 11.6 Å². The number of carbonyl (C=O) groups is 1. The number of rotatable bonds is 4. The van der Waals surface area contributed by atoms with Crippen molar-refractivity contribution < 1.29 is 4.79 Å². The number of benzene rings is 1. The van der Waals surface area contributed by atoms with Gasteiger partial charge in [-0.1, -0.05) is 18.2 Å². The number of nitrogens with zero attached hydrogens (tertiary/aromatic N) is 4. The van der Waals surface area contributed by atoms with Gasteiger partial charge >= 0.3 is 0 Å². The van der Waals surface area contributed by atoms with E-state index in [1.165, 1.54) is 6.33 Å². The van der Waals surface area contributed by atoms with Gasteiger partial charge in [0, 0.05) is 17.3 Å². The molecule has 0 saturated heterocycles. The predicted molar refractivity (Wildman–Crippen MR) is 91.6 cm³/mol. The number of anilines is 1. The van der Waals surface area contributed by atoms with Crippen LogP contribution in [0.15, 0.2) is 61.2 Å². The summed E-state index contributed by atoms with van der Waals surface area (Å²) in [7, 11) is 0. The van der Waals surface area contributed by atoms with Gasteiger partial charge in [0.2, 0.25) is 0 Å². The molecule has 0 unspecified atom stereocenters. The molecule has 0 bridgehead atoms. The Kier molecular flexibility index (Phi) is 3.76. The maximum Gasteiger partial charge on any atom is 0.255 e. The first kappa shape index (κ1) is 14.8. The van der Waals surface area contributed by atoms with Crippen LogP contribution >= 0.6 is 0 Å². The van der Waals surface area contributed by atoms with Gasteiger partial charge in [0.15, 0.2) is 5.82 Å². The van der Waals surface area contributed by atoms with E-state index in [0.717, 1.165) is 5.56 Å². The third-order valence-corrected chi connectivity index (χ3v) is 3.62. The second-order valence-corrected chi connectivity index (χ2v) is 5.24. The first-order valence-electron chi connectivity index (χ1n) is 7.53. The zero-order valence-corrected chi connectivity index (χ0v) is 13.0. The van der Waals surface area contributed by atoms with Crippen molar-refractivity contribution in [2.75, 3.05) is 5.32 Å². The van der Waals surface area contributed by atoms with Gasteiger partial charge in [-0.05, 0) is 24.3 Å². The largest absolute Gasteiger partial charge is 0.319 e. The molecular weight excluding hydrogens is 318 g/mol. The van der Waals surface area contributed by atoms with Crippen LogP contribution in [0.5, 0.6) is 0 Å². The molecule has 8 nitrogen and oxygen atoms in total. The highest BCUT2D eigenvalue weighted by Gasteiger charge is 2.14. The van der Waals surface area contributed by atoms with Gasteiger partial charge < -0.3 is 5.32 Å². The molecule has 0 saturated carbocycles. The van der Waals surface area contributed by atoms with E-state index in [1.54, 1.807) is 30.6 Å². The molecule has 3 aromatic heterocycles. The smallest absolute Gasteiger partial charge is 0.255 e. The topological polar surface area (TPSA) is 112 Å². The number of hydrogen-bond acceptors (Lipinski definition) is 5. The number of amides is 1. The van der Waals surface area contributed by atoms with E-state index in [2.05, 4.69) is 35.7 Å². The lowest BCUT2D eigenvalue weighted by Crippen LogP contribution is -2.12. The summed E-state index contributed by atoms with van der Waals surface area (Å²) >= 11 is 0. The molecule has 0 aliphatic carbocycles. The summed E-state index contributed by atoms with van der Waals surface area (Å²) in [5, 5.41) is 16.3. The molecule has 8 heteroatoms. The second-order valence-electron chi connectivity index (χ2n) is 5.24. The first-order chi connectivity index (χ1) is 12.3. The SMILES string of the molecule is O=C(Nc1cn[nH]c1-c1ccccn1)c1cccc(-c2ncn[nH]2)c1. The van der Waals surface area contributed by atoms with Crippen molar-refractivity contribution in [1.82, 2.24) is 30.4 Å². The van der Waals surface area contributed by atoms with Crippen molar-refractivity contribution in [3.8, 4) is 22.8 Å². The first-order valence-corrected chi connectivity index (χ1v) is 7.53. The quantitative estimate of drug-likeness (QED) is 0.532. The summed E-state index contributed by atoms with van der Waals surface area (Å²) in [6, 6.07) is 12.7. The standard InChI is InChI=1S/C17H13N7O/c25-17(12-5-3-4-11(8-12)16-19-10-21-24-16)22-14-9-20-23-15(14)13-6-1-2-7-18-13/h1-10H,(H,20,23)(H,22,25)(H,19,21,24). The summed E-state index contributed by atoms with van der Waals surface area (Å²) in [6.45, 7) is 0. The minimum atomic E-state index is -0.250. The molecule has 4 rings (SSSR count). The van der Waals surface area contributed by atoms with Crippen molar-refractivity contribution in [3.63, 3.8) is 0 Å². The Morgan fingerprint density at radius 3 is 2.76 bits per heavy atom. The van der Waals surface area contributed by atoms with Crippen LogP contribution in [0.3, 0.4) is 0 Å². The van der Waals surface area contributed by atoms with E-state index in [0.29, 0.717) is 28.5 Å². The molecular formula is C17H13N7O. The Balaban J connectivity index is 1.60. The van der Waals surface area contributed by atoms with Gasteiger partial charge in [-0.25, -0.2) is 4.98 Å². The highest BCUT2D eigenvalue weighted by molar-refractivity contribution is 6.06. The maximum absolute atomic E-state index is 12.6. The third-order valence-electron chi connectivity index (χ3n) is 3.62. The van der Waals surface area contributed by atoms with Gasteiger partial charge in [0.1, 0.15) is 12.0 Å². The van der Waals surface area contributed by atoms with Crippen molar-refractivity contribution in [1.29, 1.82) is 0 Å². The molecule has 0 aliphatic heterocycles.